The third kappa shape index (κ3) is 4.09. The first-order chi connectivity index (χ1) is 14.4. The molecule has 2 aliphatic rings. The van der Waals surface area contributed by atoms with Gasteiger partial charge in [-0.3, -0.25) is 4.79 Å². The third-order valence-corrected chi connectivity index (χ3v) is 8.02. The number of piperidine rings is 1. The molecule has 0 saturated carbocycles. The number of rotatable bonds is 4. The van der Waals surface area contributed by atoms with Crippen molar-refractivity contribution in [3.63, 3.8) is 0 Å². The summed E-state index contributed by atoms with van der Waals surface area (Å²) in [4.78, 5) is 23.9. The quantitative estimate of drug-likeness (QED) is 0.798. The van der Waals surface area contributed by atoms with Gasteiger partial charge in [0.1, 0.15) is 0 Å². The fourth-order valence-corrected chi connectivity index (χ4v) is 5.77. The molecule has 2 aromatic rings. The second-order valence-corrected chi connectivity index (χ2v) is 10.2. The molecule has 9 heteroatoms. The monoisotopic (exact) mass is 431 g/mol. The number of amides is 1. The molecule has 1 unspecified atom stereocenters. The largest absolute Gasteiger partial charge is 0.365 e. The lowest BCUT2D eigenvalue weighted by molar-refractivity contribution is -0.137. The maximum Gasteiger partial charge on any atom is 0.260 e. The van der Waals surface area contributed by atoms with Crippen LogP contribution < -0.4 is 4.90 Å². The van der Waals surface area contributed by atoms with Crippen LogP contribution in [0.1, 0.15) is 25.3 Å². The zero-order valence-corrected chi connectivity index (χ0v) is 18.3. The van der Waals surface area contributed by atoms with Crippen molar-refractivity contribution in [1.82, 2.24) is 19.2 Å². The van der Waals surface area contributed by atoms with Crippen molar-refractivity contribution in [3.05, 3.63) is 42.4 Å². The summed E-state index contributed by atoms with van der Waals surface area (Å²) in [5.41, 5.74) is 2.43. The number of imidazole rings is 1. The van der Waals surface area contributed by atoms with Crippen molar-refractivity contribution in [2.75, 3.05) is 37.6 Å². The average Bonchev–Trinajstić information content (AvgIpc) is 3.30. The Labute approximate surface area is 177 Å². The van der Waals surface area contributed by atoms with E-state index in [4.69, 9.17) is 0 Å². The molecule has 1 N–H and O–H groups in total. The number of piperazine rings is 1. The van der Waals surface area contributed by atoms with Gasteiger partial charge in [0.25, 0.3) is 10.0 Å². The van der Waals surface area contributed by atoms with Crippen molar-refractivity contribution in [1.29, 1.82) is 0 Å². The minimum absolute atomic E-state index is 0.105. The summed E-state index contributed by atoms with van der Waals surface area (Å²) in [6.45, 7) is 7.15. The summed E-state index contributed by atoms with van der Waals surface area (Å²) >= 11 is 0. The molecular weight excluding hydrogens is 402 g/mol. The second kappa shape index (κ2) is 8.39. The molecule has 1 aromatic heterocycles. The Balaban J connectivity index is 1.33. The number of hydrogen-bond acceptors (Lipinski definition) is 5. The Morgan fingerprint density at radius 1 is 1.10 bits per heavy atom. The first kappa shape index (κ1) is 20.9. The number of aryl methyl sites for hydroxylation is 1. The van der Waals surface area contributed by atoms with Gasteiger partial charge in [0.05, 0.1) is 12.5 Å². The Kier molecular flexibility index (Phi) is 5.84. The number of aromatic nitrogens is 2. The second-order valence-electron chi connectivity index (χ2n) is 8.26. The topological polar surface area (TPSA) is 89.6 Å². The fraction of sp³-hybridized carbons (Fsp3) is 0.524. The van der Waals surface area contributed by atoms with Crippen LogP contribution in [-0.4, -0.2) is 72.3 Å². The normalized spacial score (nSPS) is 21.7. The van der Waals surface area contributed by atoms with Gasteiger partial charge in [0, 0.05) is 50.4 Å². The highest BCUT2D eigenvalue weighted by atomic mass is 32.2. The number of carbonyl (C=O) groups is 1. The lowest BCUT2D eigenvalue weighted by atomic mass is 9.95. The van der Waals surface area contributed by atoms with E-state index < -0.39 is 10.0 Å². The predicted octanol–water partition coefficient (Wildman–Crippen LogP) is 1.86. The lowest BCUT2D eigenvalue weighted by Crippen LogP contribution is -2.55. The number of anilines is 1. The number of nitrogens with one attached hydrogen (secondary N) is 1. The molecule has 1 aromatic carbocycles. The molecule has 1 amide bonds. The van der Waals surface area contributed by atoms with Crippen LogP contribution in [0.15, 0.2) is 41.8 Å². The highest BCUT2D eigenvalue weighted by molar-refractivity contribution is 7.89. The van der Waals surface area contributed by atoms with E-state index in [1.54, 1.807) is 0 Å². The van der Waals surface area contributed by atoms with E-state index in [0.29, 0.717) is 39.0 Å². The van der Waals surface area contributed by atoms with Crippen LogP contribution in [0.25, 0.3) is 0 Å². The molecule has 30 heavy (non-hydrogen) atoms. The average molecular weight is 432 g/mol. The number of carbonyl (C=O) groups excluding carboxylic acids is 1. The van der Waals surface area contributed by atoms with Crippen molar-refractivity contribution >= 4 is 21.6 Å². The molecule has 4 rings (SSSR count). The summed E-state index contributed by atoms with van der Waals surface area (Å²) in [5.74, 6) is 0.0420. The number of nitrogens with zero attached hydrogens (tertiary/aromatic N) is 4. The molecule has 3 heterocycles. The van der Waals surface area contributed by atoms with Crippen LogP contribution in [0.2, 0.25) is 0 Å². The molecule has 0 spiro atoms. The number of benzene rings is 1. The summed E-state index contributed by atoms with van der Waals surface area (Å²) in [7, 11) is -3.56. The molecule has 8 nitrogen and oxygen atoms in total. The number of aromatic amines is 1. The van der Waals surface area contributed by atoms with Crippen molar-refractivity contribution < 1.29 is 13.2 Å². The summed E-state index contributed by atoms with van der Waals surface area (Å²) in [6, 6.07) is 8.75. The van der Waals surface area contributed by atoms with Crippen molar-refractivity contribution in [3.8, 4) is 0 Å². The Morgan fingerprint density at radius 2 is 1.80 bits per heavy atom. The molecular formula is C21H29N5O3S. The Morgan fingerprint density at radius 3 is 2.40 bits per heavy atom. The van der Waals surface area contributed by atoms with Gasteiger partial charge in [-0.1, -0.05) is 17.7 Å². The minimum atomic E-state index is -3.56. The summed E-state index contributed by atoms with van der Waals surface area (Å²) in [5, 5.41) is 0.105. The van der Waals surface area contributed by atoms with Gasteiger partial charge in [-0.2, -0.15) is 4.31 Å². The standard InChI is InChI=1S/C21H29N5O3S/c1-16-3-5-19(6-4-16)26-12-11-24(14-17(26)2)21(27)18-7-9-25(10-8-18)30(28,29)20-13-22-15-23-20/h3-6,13,15,17-18H,7-12,14H2,1-2H3,(H,22,23). The smallest absolute Gasteiger partial charge is 0.260 e. The highest BCUT2D eigenvalue weighted by Crippen LogP contribution is 2.26. The van der Waals surface area contributed by atoms with Gasteiger partial charge >= 0.3 is 0 Å². The number of hydrogen-bond donors (Lipinski definition) is 1. The van der Waals surface area contributed by atoms with E-state index in [9.17, 15) is 13.2 Å². The zero-order chi connectivity index (χ0) is 21.3. The molecule has 162 valence electrons. The molecule has 0 aliphatic carbocycles. The molecule has 2 aliphatic heterocycles. The Bertz CT molecular complexity index is 967. The maximum atomic E-state index is 13.1. The van der Waals surface area contributed by atoms with Gasteiger partial charge in [-0.25, -0.2) is 13.4 Å². The van der Waals surface area contributed by atoms with Gasteiger partial charge in [0.15, 0.2) is 5.03 Å². The van der Waals surface area contributed by atoms with Crippen LogP contribution in [-0.2, 0) is 14.8 Å². The lowest BCUT2D eigenvalue weighted by Gasteiger charge is -2.43. The molecule has 0 radical (unpaired) electrons. The van der Waals surface area contributed by atoms with E-state index in [-0.39, 0.29) is 22.9 Å². The van der Waals surface area contributed by atoms with Gasteiger partial charge in [-0.15, -0.1) is 0 Å². The zero-order valence-electron chi connectivity index (χ0n) is 17.5. The van der Waals surface area contributed by atoms with Crippen molar-refractivity contribution in [2.24, 2.45) is 5.92 Å². The fourth-order valence-electron chi connectivity index (χ4n) is 4.40. The Hall–Kier alpha value is -2.39. The van der Waals surface area contributed by atoms with Crippen LogP contribution in [0.3, 0.4) is 0 Å². The first-order valence-electron chi connectivity index (χ1n) is 10.5. The van der Waals surface area contributed by atoms with E-state index in [0.717, 1.165) is 6.54 Å². The maximum absolute atomic E-state index is 13.1. The third-order valence-electron chi connectivity index (χ3n) is 6.20. The van der Waals surface area contributed by atoms with E-state index >= 15 is 0 Å². The van der Waals surface area contributed by atoms with Crippen LogP contribution >= 0.6 is 0 Å². The summed E-state index contributed by atoms with van der Waals surface area (Å²) < 4.78 is 26.7. The molecule has 2 fully saturated rings. The first-order valence-corrected chi connectivity index (χ1v) is 11.9. The highest BCUT2D eigenvalue weighted by Gasteiger charge is 2.36. The SMILES string of the molecule is Cc1ccc(N2CCN(C(=O)C3CCN(S(=O)(=O)c4cnc[nH]4)CC3)CC2C)cc1. The van der Waals surface area contributed by atoms with Crippen molar-refractivity contribution in [2.45, 2.75) is 37.8 Å². The minimum Gasteiger partial charge on any atom is -0.365 e. The molecule has 1 atom stereocenters. The molecule has 2 saturated heterocycles. The van der Waals surface area contributed by atoms with Crippen LogP contribution in [0, 0.1) is 12.8 Å². The van der Waals surface area contributed by atoms with Gasteiger partial charge < -0.3 is 14.8 Å². The van der Waals surface area contributed by atoms with E-state index in [2.05, 4.69) is 53.0 Å². The van der Waals surface area contributed by atoms with Crippen LogP contribution in [0.4, 0.5) is 5.69 Å². The van der Waals surface area contributed by atoms with Crippen LogP contribution in [0.5, 0.6) is 0 Å². The molecule has 0 bridgehead atoms. The predicted molar refractivity (Wildman–Crippen MR) is 115 cm³/mol. The number of H-pyrrole nitrogens is 1. The van der Waals surface area contributed by atoms with E-state index in [1.807, 2.05) is 4.90 Å². The summed E-state index contributed by atoms with van der Waals surface area (Å²) in [6.07, 6.45) is 3.79. The van der Waals surface area contributed by atoms with E-state index in [1.165, 1.54) is 28.1 Å². The van der Waals surface area contributed by atoms with Gasteiger partial charge in [0.2, 0.25) is 5.91 Å². The number of sulfonamides is 1. The van der Waals surface area contributed by atoms with Gasteiger partial charge in [-0.05, 0) is 38.8 Å².